The van der Waals surface area contributed by atoms with Crippen LogP contribution in [0.25, 0.3) is 11.4 Å². The molecule has 2 aromatic rings. The van der Waals surface area contributed by atoms with Crippen LogP contribution in [0, 0.1) is 6.92 Å². The Balaban J connectivity index is 2.39. The van der Waals surface area contributed by atoms with E-state index in [4.69, 9.17) is 11.6 Å². The summed E-state index contributed by atoms with van der Waals surface area (Å²) in [6.45, 7) is 5.01. The van der Waals surface area contributed by atoms with E-state index in [0.717, 1.165) is 39.4 Å². The lowest BCUT2D eigenvalue weighted by atomic mass is 10.1. The topological polar surface area (TPSA) is 37.8 Å². The summed E-state index contributed by atoms with van der Waals surface area (Å²) in [5, 5.41) is 4.00. The first kappa shape index (κ1) is 14.3. The third kappa shape index (κ3) is 3.45. The third-order valence-corrected chi connectivity index (χ3v) is 3.53. The van der Waals surface area contributed by atoms with E-state index in [-0.39, 0.29) is 0 Å². The lowest BCUT2D eigenvalue weighted by molar-refractivity contribution is 0.963. The molecule has 1 N–H and O–H groups in total. The minimum absolute atomic E-state index is 0.705. The number of nitrogens with zero attached hydrogens (tertiary/aromatic N) is 2. The Kier molecular flexibility index (Phi) is 4.77. The second kappa shape index (κ2) is 6.35. The number of benzene rings is 1. The van der Waals surface area contributed by atoms with Gasteiger partial charge >= 0.3 is 0 Å². The van der Waals surface area contributed by atoms with Crippen molar-refractivity contribution in [3.8, 4) is 11.4 Å². The van der Waals surface area contributed by atoms with Gasteiger partial charge in [-0.05, 0) is 53.0 Å². The summed E-state index contributed by atoms with van der Waals surface area (Å²) in [5.41, 5.74) is 2.06. The normalized spacial score (nSPS) is 10.5. The highest BCUT2D eigenvalue weighted by molar-refractivity contribution is 9.10. The van der Waals surface area contributed by atoms with Crippen LogP contribution in [-0.4, -0.2) is 16.5 Å². The lowest BCUT2D eigenvalue weighted by Crippen LogP contribution is -2.04. The molecule has 0 radical (unpaired) electrons. The van der Waals surface area contributed by atoms with Crippen LogP contribution in [0.1, 0.15) is 18.9 Å². The van der Waals surface area contributed by atoms with Gasteiger partial charge in [-0.2, -0.15) is 0 Å². The summed E-state index contributed by atoms with van der Waals surface area (Å²) < 4.78 is 0.872. The summed E-state index contributed by atoms with van der Waals surface area (Å²) >= 11 is 9.42. The van der Waals surface area contributed by atoms with E-state index in [0.29, 0.717) is 5.82 Å². The number of rotatable bonds is 4. The van der Waals surface area contributed by atoms with Crippen LogP contribution in [-0.2, 0) is 0 Å². The molecule has 0 aliphatic carbocycles. The van der Waals surface area contributed by atoms with Crippen LogP contribution in [0.3, 0.4) is 0 Å². The van der Waals surface area contributed by atoms with Crippen LogP contribution in [0.5, 0.6) is 0 Å². The van der Waals surface area contributed by atoms with Crippen LogP contribution in [0.15, 0.2) is 28.9 Å². The summed E-state index contributed by atoms with van der Waals surface area (Å²) in [6.07, 6.45) is 2.82. The number of anilines is 1. The Morgan fingerprint density at radius 1 is 1.37 bits per heavy atom. The van der Waals surface area contributed by atoms with Crippen LogP contribution >= 0.6 is 27.5 Å². The third-order valence-electron chi connectivity index (χ3n) is 2.72. The van der Waals surface area contributed by atoms with E-state index in [1.54, 1.807) is 6.20 Å². The fourth-order valence-electron chi connectivity index (χ4n) is 1.74. The molecule has 100 valence electrons. The smallest absolute Gasteiger partial charge is 0.161 e. The Hall–Kier alpha value is -1.13. The predicted molar refractivity (Wildman–Crippen MR) is 83.7 cm³/mol. The van der Waals surface area contributed by atoms with Crippen LogP contribution in [0.4, 0.5) is 5.82 Å². The molecule has 0 atom stereocenters. The Bertz CT molecular complexity index is 587. The monoisotopic (exact) mass is 339 g/mol. The number of hydrogen-bond donors (Lipinski definition) is 1. The molecule has 1 aromatic carbocycles. The number of nitrogens with one attached hydrogen (secondary N) is 1. The van der Waals surface area contributed by atoms with Gasteiger partial charge < -0.3 is 5.32 Å². The first-order valence-corrected chi connectivity index (χ1v) is 7.32. The molecular weight excluding hydrogens is 326 g/mol. The van der Waals surface area contributed by atoms with E-state index in [2.05, 4.69) is 38.1 Å². The molecule has 0 unspecified atom stereocenters. The first-order chi connectivity index (χ1) is 9.11. The van der Waals surface area contributed by atoms with Gasteiger partial charge in [0, 0.05) is 23.3 Å². The summed E-state index contributed by atoms with van der Waals surface area (Å²) in [6, 6.07) is 5.72. The maximum atomic E-state index is 5.97. The molecule has 0 spiro atoms. The van der Waals surface area contributed by atoms with Crippen molar-refractivity contribution in [3.63, 3.8) is 0 Å². The second-order valence-electron chi connectivity index (χ2n) is 4.28. The van der Waals surface area contributed by atoms with Gasteiger partial charge in [0.15, 0.2) is 5.82 Å². The van der Waals surface area contributed by atoms with Crippen molar-refractivity contribution in [1.29, 1.82) is 0 Å². The Morgan fingerprint density at radius 2 is 2.16 bits per heavy atom. The first-order valence-electron chi connectivity index (χ1n) is 6.14. The lowest BCUT2D eigenvalue weighted by Gasteiger charge is -2.09. The molecule has 2 rings (SSSR count). The van der Waals surface area contributed by atoms with Crippen molar-refractivity contribution < 1.29 is 0 Å². The highest BCUT2D eigenvalue weighted by Gasteiger charge is 2.09. The van der Waals surface area contributed by atoms with Gasteiger partial charge in [0.05, 0.1) is 4.47 Å². The van der Waals surface area contributed by atoms with Gasteiger partial charge in [-0.3, -0.25) is 0 Å². The summed E-state index contributed by atoms with van der Waals surface area (Å²) in [4.78, 5) is 8.93. The highest BCUT2D eigenvalue weighted by atomic mass is 79.9. The fourth-order valence-corrected chi connectivity index (χ4v) is 2.30. The van der Waals surface area contributed by atoms with Crippen LogP contribution in [0.2, 0.25) is 5.02 Å². The van der Waals surface area contributed by atoms with Gasteiger partial charge in [0.2, 0.25) is 0 Å². The molecule has 1 aromatic heterocycles. The number of aromatic nitrogens is 2. The van der Waals surface area contributed by atoms with Crippen molar-refractivity contribution >= 4 is 33.3 Å². The van der Waals surface area contributed by atoms with Crippen LogP contribution < -0.4 is 5.32 Å². The van der Waals surface area contributed by atoms with Gasteiger partial charge in [0.1, 0.15) is 5.82 Å². The molecular formula is C14H15BrClN3. The Morgan fingerprint density at radius 3 is 2.84 bits per heavy atom. The molecule has 3 nitrogen and oxygen atoms in total. The molecule has 0 saturated carbocycles. The molecule has 0 bridgehead atoms. The van der Waals surface area contributed by atoms with Crippen molar-refractivity contribution in [2.45, 2.75) is 20.3 Å². The number of halogens is 2. The molecule has 0 fully saturated rings. The van der Waals surface area contributed by atoms with E-state index >= 15 is 0 Å². The zero-order valence-corrected chi connectivity index (χ0v) is 13.2. The van der Waals surface area contributed by atoms with E-state index < -0.39 is 0 Å². The molecule has 0 saturated heterocycles. The largest absolute Gasteiger partial charge is 0.369 e. The molecule has 1 heterocycles. The minimum Gasteiger partial charge on any atom is -0.369 e. The highest BCUT2D eigenvalue weighted by Crippen LogP contribution is 2.26. The Labute approximate surface area is 126 Å². The number of aryl methyl sites for hydroxylation is 1. The minimum atomic E-state index is 0.705. The van der Waals surface area contributed by atoms with Gasteiger partial charge in [-0.25, -0.2) is 9.97 Å². The van der Waals surface area contributed by atoms with Gasteiger partial charge in [-0.1, -0.05) is 18.5 Å². The zero-order valence-electron chi connectivity index (χ0n) is 10.9. The average molecular weight is 341 g/mol. The number of hydrogen-bond acceptors (Lipinski definition) is 3. The second-order valence-corrected chi connectivity index (χ2v) is 5.57. The predicted octanol–water partition coefficient (Wildman–Crippen LogP) is 4.69. The standard InChI is InChI=1S/C14H15BrClN3/c1-3-6-17-14-12(15)8-18-13(19-14)11-5-4-10(16)7-9(11)2/h4-5,7-8H,3,6H2,1-2H3,(H,17,18,19). The van der Waals surface area contributed by atoms with Gasteiger partial charge in [-0.15, -0.1) is 0 Å². The molecule has 0 amide bonds. The summed E-state index contributed by atoms with van der Waals surface area (Å²) in [5.74, 6) is 1.53. The maximum Gasteiger partial charge on any atom is 0.161 e. The maximum absolute atomic E-state index is 5.97. The summed E-state index contributed by atoms with van der Waals surface area (Å²) in [7, 11) is 0. The average Bonchev–Trinajstić information content (AvgIpc) is 2.38. The quantitative estimate of drug-likeness (QED) is 0.877. The fraction of sp³-hybridized carbons (Fsp3) is 0.286. The zero-order chi connectivity index (χ0) is 13.8. The van der Waals surface area contributed by atoms with Crippen molar-refractivity contribution in [2.24, 2.45) is 0 Å². The SMILES string of the molecule is CCCNc1nc(-c2ccc(Cl)cc2C)ncc1Br. The molecule has 5 heteroatoms. The van der Waals surface area contributed by atoms with Gasteiger partial charge in [0.25, 0.3) is 0 Å². The van der Waals surface area contributed by atoms with Crippen molar-refractivity contribution in [1.82, 2.24) is 9.97 Å². The molecule has 0 aliphatic heterocycles. The van der Waals surface area contributed by atoms with Crippen molar-refractivity contribution in [3.05, 3.63) is 39.5 Å². The van der Waals surface area contributed by atoms with E-state index in [1.807, 2.05) is 25.1 Å². The van der Waals surface area contributed by atoms with E-state index in [9.17, 15) is 0 Å². The molecule has 0 aliphatic rings. The van der Waals surface area contributed by atoms with Crippen molar-refractivity contribution in [2.75, 3.05) is 11.9 Å². The molecule has 19 heavy (non-hydrogen) atoms. The van der Waals surface area contributed by atoms with E-state index in [1.165, 1.54) is 0 Å².